The van der Waals surface area contributed by atoms with E-state index in [1.54, 1.807) is 29.2 Å². The number of nitrogens with two attached hydrogens (primary N) is 1. The molecule has 3 aliphatic rings. The molecule has 1 saturated carbocycles. The Morgan fingerprint density at radius 3 is 2.69 bits per heavy atom. The van der Waals surface area contributed by atoms with E-state index in [1.165, 1.54) is 6.07 Å². The van der Waals surface area contributed by atoms with E-state index in [-0.39, 0.29) is 17.8 Å². The quantitative estimate of drug-likeness (QED) is 0.338. The first kappa shape index (κ1) is 22.7. The van der Waals surface area contributed by atoms with E-state index in [0.29, 0.717) is 23.2 Å². The number of alkyl halides is 2. The summed E-state index contributed by atoms with van der Waals surface area (Å²) in [6.07, 6.45) is 6.25. The van der Waals surface area contributed by atoms with Gasteiger partial charge in [0.2, 0.25) is 0 Å². The van der Waals surface area contributed by atoms with Crippen LogP contribution >= 0.6 is 0 Å². The van der Waals surface area contributed by atoms with Gasteiger partial charge in [-0.25, -0.2) is 14.1 Å². The van der Waals surface area contributed by atoms with Crippen LogP contribution in [-0.4, -0.2) is 36.1 Å². The van der Waals surface area contributed by atoms with Gasteiger partial charge < -0.3 is 15.0 Å². The van der Waals surface area contributed by atoms with E-state index < -0.39 is 18.0 Å². The highest BCUT2D eigenvalue weighted by molar-refractivity contribution is 5.84. The van der Waals surface area contributed by atoms with Crippen molar-refractivity contribution in [3.8, 4) is 28.1 Å². The van der Waals surface area contributed by atoms with Gasteiger partial charge in [0.15, 0.2) is 0 Å². The molecule has 2 aromatic carbocycles. The lowest BCUT2D eigenvalue weighted by Crippen LogP contribution is -2.44. The van der Waals surface area contributed by atoms with Crippen molar-refractivity contribution >= 4 is 11.0 Å². The zero-order chi connectivity index (χ0) is 26.5. The average Bonchev–Trinajstić information content (AvgIpc) is 3.59. The summed E-state index contributed by atoms with van der Waals surface area (Å²) in [5.74, 6) is 0.452. The van der Waals surface area contributed by atoms with Crippen molar-refractivity contribution in [2.45, 2.75) is 49.9 Å². The second kappa shape index (κ2) is 7.89. The van der Waals surface area contributed by atoms with Gasteiger partial charge in [-0.05, 0) is 49.1 Å². The maximum absolute atomic E-state index is 15.1. The zero-order valence-electron chi connectivity index (χ0n) is 20.6. The molecule has 196 valence electrons. The lowest BCUT2D eigenvalue weighted by Gasteiger charge is -2.37. The number of rotatable bonds is 4. The Morgan fingerprint density at radius 2 is 1.92 bits per heavy atom. The van der Waals surface area contributed by atoms with Crippen LogP contribution < -0.4 is 10.5 Å². The summed E-state index contributed by atoms with van der Waals surface area (Å²) in [6.45, 7) is -2.97. The van der Waals surface area contributed by atoms with Crippen LogP contribution in [0.2, 0.25) is 0 Å². The van der Waals surface area contributed by atoms with Gasteiger partial charge in [-0.1, -0.05) is 23.4 Å². The summed E-state index contributed by atoms with van der Waals surface area (Å²) < 4.78 is 50.9. The van der Waals surface area contributed by atoms with Gasteiger partial charge in [-0.3, -0.25) is 4.98 Å². The Bertz CT molecular complexity index is 1790. The molecule has 39 heavy (non-hydrogen) atoms. The van der Waals surface area contributed by atoms with E-state index in [2.05, 4.69) is 19.9 Å². The molecule has 2 bridgehead atoms. The van der Waals surface area contributed by atoms with Crippen LogP contribution in [0.4, 0.5) is 13.2 Å². The van der Waals surface area contributed by atoms with E-state index in [1.807, 2.05) is 24.3 Å². The summed E-state index contributed by atoms with van der Waals surface area (Å²) in [5, 5.41) is 8.44. The van der Waals surface area contributed by atoms with Gasteiger partial charge in [0, 0.05) is 29.3 Å². The van der Waals surface area contributed by atoms with Crippen LogP contribution in [0, 0.1) is 5.82 Å². The van der Waals surface area contributed by atoms with Crippen molar-refractivity contribution in [3.05, 3.63) is 77.8 Å². The third-order valence-corrected chi connectivity index (χ3v) is 8.43. The van der Waals surface area contributed by atoms with Crippen molar-refractivity contribution in [1.82, 2.24) is 29.5 Å². The topological polar surface area (TPSA) is 96.7 Å². The Balaban J connectivity index is 1.30. The predicted molar refractivity (Wildman–Crippen MR) is 136 cm³/mol. The Kier molecular flexibility index (Phi) is 4.59. The molecule has 1 fully saturated rings. The maximum atomic E-state index is 15.1. The van der Waals surface area contributed by atoms with Gasteiger partial charge in [-0.15, -0.1) is 5.10 Å². The van der Waals surface area contributed by atoms with Crippen molar-refractivity contribution in [1.29, 1.82) is 0 Å². The van der Waals surface area contributed by atoms with E-state index in [9.17, 15) is 8.78 Å². The molecule has 0 amide bonds. The fraction of sp³-hybridized carbons (Fsp3) is 0.286. The second-order valence-electron chi connectivity index (χ2n) is 10.5. The lowest BCUT2D eigenvalue weighted by molar-refractivity contribution is -0.0506. The first-order chi connectivity index (χ1) is 18.9. The Labute approximate surface area is 220 Å². The molecule has 8 rings (SSSR count). The average molecular weight is 530 g/mol. The molecule has 0 spiro atoms. The standard InChI is InChI=1S/C28H22F3N7O/c29-17-9-15(12-33-25(17)28(32)7-2-8-28)14-5-6-18-19(10-14)37-20-11-21(26(37)35-18)38-22(13-34-36-38)16-3-1-4-23(24(16)20)39-27(30)31/h1,3-6,9-10,12-13,20-21,27H,2,7-8,11,32H2/t20?,21-/m1/s1. The first-order valence-corrected chi connectivity index (χ1v) is 12.9. The summed E-state index contributed by atoms with van der Waals surface area (Å²) in [6, 6.07) is 11.7. The smallest absolute Gasteiger partial charge is 0.387 e. The molecule has 0 saturated heterocycles. The molecular weight excluding hydrogens is 507 g/mol. The highest BCUT2D eigenvalue weighted by Crippen LogP contribution is 2.52. The molecule has 1 unspecified atom stereocenters. The predicted octanol–water partition coefficient (Wildman–Crippen LogP) is 5.33. The van der Waals surface area contributed by atoms with Gasteiger partial charge in [-0.2, -0.15) is 8.78 Å². The summed E-state index contributed by atoms with van der Waals surface area (Å²) in [4.78, 5) is 9.33. The number of aromatic nitrogens is 6. The number of nitrogens with zero attached hydrogens (tertiary/aromatic N) is 6. The minimum atomic E-state index is -2.97. The molecule has 2 aliphatic heterocycles. The molecule has 1 aliphatic carbocycles. The Morgan fingerprint density at radius 1 is 1.05 bits per heavy atom. The molecular formula is C28H22F3N7O. The van der Waals surface area contributed by atoms with E-state index in [4.69, 9.17) is 15.5 Å². The summed E-state index contributed by atoms with van der Waals surface area (Å²) in [7, 11) is 0. The number of pyridine rings is 1. The molecule has 5 aromatic rings. The van der Waals surface area contributed by atoms with Crippen molar-refractivity contribution in [2.75, 3.05) is 0 Å². The van der Waals surface area contributed by atoms with Crippen LogP contribution in [-0.2, 0) is 5.54 Å². The normalized spacial score (nSPS) is 20.3. The molecule has 2 N–H and O–H groups in total. The first-order valence-electron chi connectivity index (χ1n) is 12.9. The SMILES string of the molecule is NC1(c2ncc(-c3ccc4nc5n(c4c3)C3C[C@H]5n4nncc4-c4cccc(OC(F)F)c43)cc2F)CCC1. The molecule has 0 radical (unpaired) electrons. The number of imidazole rings is 1. The van der Waals surface area contributed by atoms with Crippen LogP contribution in [0.25, 0.3) is 33.4 Å². The number of ether oxygens (including phenoxy) is 1. The summed E-state index contributed by atoms with van der Waals surface area (Å²) >= 11 is 0. The van der Waals surface area contributed by atoms with E-state index >= 15 is 4.39 Å². The number of hydrogen-bond donors (Lipinski definition) is 1. The minimum Gasteiger partial charge on any atom is -0.434 e. The largest absolute Gasteiger partial charge is 0.434 e. The molecule has 5 heterocycles. The fourth-order valence-corrected chi connectivity index (χ4v) is 6.47. The van der Waals surface area contributed by atoms with Gasteiger partial charge in [0.05, 0.1) is 40.2 Å². The van der Waals surface area contributed by atoms with Crippen molar-refractivity contribution in [2.24, 2.45) is 5.73 Å². The van der Waals surface area contributed by atoms with Crippen molar-refractivity contribution in [3.63, 3.8) is 0 Å². The van der Waals surface area contributed by atoms with Crippen LogP contribution in [0.15, 0.2) is 54.9 Å². The van der Waals surface area contributed by atoms with Gasteiger partial charge in [0.1, 0.15) is 23.4 Å². The highest BCUT2D eigenvalue weighted by Gasteiger charge is 2.43. The Hall–Kier alpha value is -4.25. The number of fused-ring (bicyclic) bond motifs is 6. The fourth-order valence-electron chi connectivity index (χ4n) is 6.47. The highest BCUT2D eigenvalue weighted by atomic mass is 19.3. The molecule has 8 nitrogen and oxygen atoms in total. The minimum absolute atomic E-state index is 0.111. The molecule has 11 heteroatoms. The van der Waals surface area contributed by atoms with Gasteiger partial charge >= 0.3 is 6.61 Å². The third kappa shape index (κ3) is 3.16. The van der Waals surface area contributed by atoms with Crippen LogP contribution in [0.1, 0.15) is 54.8 Å². The third-order valence-electron chi connectivity index (χ3n) is 8.43. The lowest BCUT2D eigenvalue weighted by atomic mass is 9.75. The zero-order valence-corrected chi connectivity index (χ0v) is 20.6. The molecule has 2 atom stereocenters. The van der Waals surface area contributed by atoms with Gasteiger partial charge in [0.25, 0.3) is 0 Å². The monoisotopic (exact) mass is 529 g/mol. The van der Waals surface area contributed by atoms with E-state index in [0.717, 1.165) is 52.9 Å². The number of benzene rings is 2. The van der Waals surface area contributed by atoms with Crippen molar-refractivity contribution < 1.29 is 17.9 Å². The van der Waals surface area contributed by atoms with Crippen LogP contribution in [0.3, 0.4) is 0 Å². The maximum Gasteiger partial charge on any atom is 0.387 e. The second-order valence-corrected chi connectivity index (χ2v) is 10.5. The number of hydrogen-bond acceptors (Lipinski definition) is 6. The molecule has 3 aromatic heterocycles. The number of halogens is 3. The summed E-state index contributed by atoms with van der Waals surface area (Å²) in [5.41, 5.74) is 11.0. The van der Waals surface area contributed by atoms with Crippen LogP contribution in [0.5, 0.6) is 5.75 Å².